The number of benzene rings is 1. The predicted octanol–water partition coefficient (Wildman–Crippen LogP) is 3.29. The van der Waals surface area contributed by atoms with Crippen molar-refractivity contribution in [2.24, 2.45) is 0 Å². The first-order valence-corrected chi connectivity index (χ1v) is 14.4. The SMILES string of the molecule is CC(=O)OC[C@H]1O[C@@H](n2cnc3c(N4CCC5(CCCc6ccccc65)C4)nc(Cl)nc32)[C@H](OC(C)=O)[C@@H]1OC(C)=O. The molecule has 1 spiro atoms. The van der Waals surface area contributed by atoms with Gasteiger partial charge in [-0.15, -0.1) is 0 Å². The highest BCUT2D eigenvalue weighted by Crippen LogP contribution is 2.46. The first-order valence-electron chi connectivity index (χ1n) is 14.0. The molecule has 0 amide bonds. The van der Waals surface area contributed by atoms with Crippen LogP contribution in [0.4, 0.5) is 5.82 Å². The van der Waals surface area contributed by atoms with Gasteiger partial charge in [0.05, 0.1) is 6.33 Å². The average molecular weight is 598 g/mol. The molecule has 6 rings (SSSR count). The molecule has 222 valence electrons. The molecule has 0 radical (unpaired) electrons. The topological polar surface area (TPSA) is 135 Å². The fraction of sp³-hybridized carbons (Fsp3) is 0.517. The minimum absolute atomic E-state index is 0.0251. The Morgan fingerprint density at radius 3 is 2.57 bits per heavy atom. The van der Waals surface area contributed by atoms with Crippen molar-refractivity contribution in [2.75, 3.05) is 24.6 Å². The van der Waals surface area contributed by atoms with Crippen molar-refractivity contribution in [3.63, 3.8) is 0 Å². The van der Waals surface area contributed by atoms with Gasteiger partial charge in [0.1, 0.15) is 12.7 Å². The third-order valence-electron chi connectivity index (χ3n) is 8.33. The zero-order valence-electron chi connectivity index (χ0n) is 23.6. The van der Waals surface area contributed by atoms with Crippen molar-refractivity contribution < 1.29 is 33.3 Å². The highest BCUT2D eigenvalue weighted by Gasteiger charge is 2.51. The second-order valence-electron chi connectivity index (χ2n) is 11.1. The maximum absolute atomic E-state index is 12.1. The van der Waals surface area contributed by atoms with Gasteiger partial charge in [0.15, 0.2) is 35.4 Å². The molecule has 2 aliphatic heterocycles. The molecule has 3 aromatic rings. The Kier molecular flexibility index (Phi) is 7.52. The van der Waals surface area contributed by atoms with Crippen molar-refractivity contribution in [3.05, 3.63) is 47.0 Å². The van der Waals surface area contributed by atoms with Crippen LogP contribution in [0.1, 0.15) is 57.4 Å². The van der Waals surface area contributed by atoms with Crippen molar-refractivity contribution in [1.29, 1.82) is 0 Å². The summed E-state index contributed by atoms with van der Waals surface area (Å²) in [5, 5.41) is 0.0271. The average Bonchev–Trinajstić information content (AvgIpc) is 3.64. The van der Waals surface area contributed by atoms with Gasteiger partial charge in [0.2, 0.25) is 5.28 Å². The highest BCUT2D eigenvalue weighted by molar-refractivity contribution is 6.28. The van der Waals surface area contributed by atoms with E-state index < -0.39 is 42.4 Å². The Morgan fingerprint density at radius 2 is 1.81 bits per heavy atom. The van der Waals surface area contributed by atoms with Gasteiger partial charge in [-0.1, -0.05) is 24.3 Å². The summed E-state index contributed by atoms with van der Waals surface area (Å²) in [4.78, 5) is 51.5. The number of aromatic nitrogens is 4. The number of hydrogen-bond acceptors (Lipinski definition) is 11. The van der Waals surface area contributed by atoms with E-state index in [0.29, 0.717) is 17.0 Å². The van der Waals surface area contributed by atoms with Gasteiger partial charge in [-0.05, 0) is 48.4 Å². The van der Waals surface area contributed by atoms with Gasteiger partial charge in [0.25, 0.3) is 0 Å². The van der Waals surface area contributed by atoms with Crippen LogP contribution in [-0.4, -0.2) is 75.4 Å². The van der Waals surface area contributed by atoms with Gasteiger partial charge in [-0.2, -0.15) is 9.97 Å². The van der Waals surface area contributed by atoms with Crippen molar-refractivity contribution in [3.8, 4) is 0 Å². The number of carbonyl (C=O) groups is 3. The van der Waals surface area contributed by atoms with E-state index in [9.17, 15) is 14.4 Å². The van der Waals surface area contributed by atoms with Crippen LogP contribution in [0.3, 0.4) is 0 Å². The van der Waals surface area contributed by atoms with Gasteiger partial charge in [-0.25, -0.2) is 4.98 Å². The minimum Gasteiger partial charge on any atom is -0.463 e. The number of carbonyl (C=O) groups excluding carboxylic acids is 3. The zero-order chi connectivity index (χ0) is 29.6. The van der Waals surface area contributed by atoms with Gasteiger partial charge in [0, 0.05) is 39.3 Å². The Balaban J connectivity index is 1.36. The summed E-state index contributed by atoms with van der Waals surface area (Å²) in [6, 6.07) is 8.67. The molecule has 3 aliphatic rings. The fourth-order valence-electron chi connectivity index (χ4n) is 6.68. The van der Waals surface area contributed by atoms with Gasteiger partial charge < -0.3 is 23.8 Å². The number of imidazole rings is 1. The number of esters is 3. The first-order chi connectivity index (χ1) is 20.1. The molecule has 0 N–H and O–H groups in total. The molecule has 12 nitrogen and oxygen atoms in total. The molecule has 4 heterocycles. The number of nitrogens with zero attached hydrogens (tertiary/aromatic N) is 5. The summed E-state index contributed by atoms with van der Waals surface area (Å²) in [5.41, 5.74) is 3.71. The minimum atomic E-state index is -1.07. The lowest BCUT2D eigenvalue weighted by atomic mass is 9.69. The predicted molar refractivity (Wildman–Crippen MR) is 150 cm³/mol. The van der Waals surface area contributed by atoms with E-state index in [0.717, 1.165) is 38.8 Å². The molecular weight excluding hydrogens is 566 g/mol. The van der Waals surface area contributed by atoms with E-state index in [1.165, 1.54) is 38.2 Å². The monoisotopic (exact) mass is 597 g/mol. The second kappa shape index (κ2) is 11.1. The van der Waals surface area contributed by atoms with Crippen LogP contribution in [0.15, 0.2) is 30.6 Å². The van der Waals surface area contributed by atoms with Crippen LogP contribution in [0, 0.1) is 0 Å². The molecule has 0 saturated carbocycles. The van der Waals surface area contributed by atoms with Crippen molar-refractivity contribution in [2.45, 2.75) is 76.4 Å². The van der Waals surface area contributed by atoms with Crippen LogP contribution in [-0.2, 0) is 45.2 Å². The summed E-state index contributed by atoms with van der Waals surface area (Å²) in [5.74, 6) is -1.14. The summed E-state index contributed by atoms with van der Waals surface area (Å²) in [6.45, 7) is 5.08. The molecule has 1 unspecified atom stereocenters. The molecule has 42 heavy (non-hydrogen) atoms. The highest BCUT2D eigenvalue weighted by atomic mass is 35.5. The molecule has 5 atom stereocenters. The molecule has 2 aromatic heterocycles. The number of anilines is 1. The van der Waals surface area contributed by atoms with E-state index in [-0.39, 0.29) is 17.3 Å². The lowest BCUT2D eigenvalue weighted by Gasteiger charge is -2.36. The van der Waals surface area contributed by atoms with Crippen molar-refractivity contribution >= 4 is 46.5 Å². The lowest BCUT2D eigenvalue weighted by molar-refractivity contribution is -0.166. The number of rotatable bonds is 6. The molecule has 1 aliphatic carbocycles. The summed E-state index contributed by atoms with van der Waals surface area (Å²) in [6.07, 6.45) is 1.78. The number of aryl methyl sites for hydroxylation is 1. The van der Waals surface area contributed by atoms with Gasteiger partial charge >= 0.3 is 17.9 Å². The van der Waals surface area contributed by atoms with Crippen LogP contribution in [0.5, 0.6) is 0 Å². The summed E-state index contributed by atoms with van der Waals surface area (Å²) < 4.78 is 24.0. The van der Waals surface area contributed by atoms with Gasteiger partial charge in [-0.3, -0.25) is 19.0 Å². The van der Waals surface area contributed by atoms with E-state index in [4.69, 9.17) is 30.5 Å². The van der Waals surface area contributed by atoms with Crippen molar-refractivity contribution in [1.82, 2.24) is 19.5 Å². The maximum atomic E-state index is 12.1. The Hall–Kier alpha value is -3.77. The van der Waals surface area contributed by atoms with Crippen LogP contribution in [0.25, 0.3) is 11.2 Å². The number of fused-ring (bicyclic) bond motifs is 3. The zero-order valence-corrected chi connectivity index (χ0v) is 24.4. The third-order valence-corrected chi connectivity index (χ3v) is 8.50. The molecule has 0 bridgehead atoms. The lowest BCUT2D eigenvalue weighted by Crippen LogP contribution is -2.40. The first kappa shape index (κ1) is 28.4. The van der Waals surface area contributed by atoms with Crippen LogP contribution >= 0.6 is 11.6 Å². The smallest absolute Gasteiger partial charge is 0.303 e. The normalized spacial score (nSPS) is 26.8. The van der Waals surface area contributed by atoms with E-state index >= 15 is 0 Å². The van der Waals surface area contributed by atoms with Crippen LogP contribution < -0.4 is 4.90 Å². The fourth-order valence-corrected chi connectivity index (χ4v) is 6.84. The standard InChI is InChI=1S/C29H32ClN5O7/c1-16(36)39-13-21-23(40-17(2)37)24(41-18(3)38)27(42-21)35-15-31-22-25(32-28(30)33-26(22)35)34-12-11-29(14-34)10-6-8-19-7-4-5-9-20(19)29/h4-5,7,9,15,21,23-24,27H,6,8,10-14H2,1-3H3/t21-,23-,24-,27-,29?/m1/s1. The Morgan fingerprint density at radius 1 is 1.05 bits per heavy atom. The van der Waals surface area contributed by atoms with E-state index in [1.807, 2.05) is 0 Å². The molecule has 13 heteroatoms. The summed E-state index contributed by atoms with van der Waals surface area (Å²) in [7, 11) is 0. The molecular formula is C29H32ClN5O7. The quantitative estimate of drug-likeness (QED) is 0.235. The third kappa shape index (κ3) is 5.17. The number of halogens is 1. The molecule has 2 saturated heterocycles. The number of hydrogen-bond donors (Lipinski definition) is 0. The Labute approximate surface area is 247 Å². The van der Waals surface area contributed by atoms with E-state index in [2.05, 4.69) is 44.1 Å². The second-order valence-corrected chi connectivity index (χ2v) is 11.5. The maximum Gasteiger partial charge on any atom is 0.303 e. The molecule has 2 fully saturated rings. The number of ether oxygens (including phenoxy) is 4. The Bertz CT molecular complexity index is 1550. The van der Waals surface area contributed by atoms with E-state index in [1.54, 1.807) is 4.57 Å². The van der Waals surface area contributed by atoms with Crippen LogP contribution in [0.2, 0.25) is 5.28 Å². The summed E-state index contributed by atoms with van der Waals surface area (Å²) >= 11 is 6.48. The molecule has 1 aromatic carbocycles. The largest absolute Gasteiger partial charge is 0.463 e.